The zero-order chi connectivity index (χ0) is 13.1. The molecule has 0 aliphatic heterocycles. The van der Waals surface area contributed by atoms with Crippen LogP contribution in [0.4, 0.5) is 0 Å². The summed E-state index contributed by atoms with van der Waals surface area (Å²) in [5, 5.41) is 0. The van der Waals surface area contributed by atoms with Crippen LogP contribution < -0.4 is 14.2 Å². The Morgan fingerprint density at radius 1 is 1.17 bits per heavy atom. The van der Waals surface area contributed by atoms with Gasteiger partial charge in [-0.2, -0.15) is 0 Å². The van der Waals surface area contributed by atoms with Crippen molar-refractivity contribution in [3.63, 3.8) is 0 Å². The lowest BCUT2D eigenvalue weighted by Gasteiger charge is -2.25. The molecule has 1 aromatic rings. The van der Waals surface area contributed by atoms with Gasteiger partial charge in [0.25, 0.3) is 0 Å². The van der Waals surface area contributed by atoms with E-state index < -0.39 is 0 Å². The van der Waals surface area contributed by atoms with Crippen LogP contribution in [0, 0.1) is 5.92 Å². The molecule has 0 heterocycles. The lowest BCUT2D eigenvalue weighted by atomic mass is 9.83. The minimum absolute atomic E-state index is 0.0736. The highest BCUT2D eigenvalue weighted by Gasteiger charge is 2.26. The summed E-state index contributed by atoms with van der Waals surface area (Å²) >= 11 is 0. The number of ether oxygens (including phenoxy) is 3. The largest absolute Gasteiger partial charge is 0.493 e. The Balaban J connectivity index is 2.55. The Bertz CT molecular complexity index is 454. The fourth-order valence-corrected chi connectivity index (χ4v) is 2.53. The highest BCUT2D eigenvalue weighted by molar-refractivity contribution is 5.63. The maximum atomic E-state index is 11.0. The lowest BCUT2D eigenvalue weighted by Crippen LogP contribution is -2.17. The number of rotatable bonds is 4. The zero-order valence-corrected chi connectivity index (χ0v) is 11.0. The van der Waals surface area contributed by atoms with E-state index in [1.807, 2.05) is 6.07 Å². The molecule has 0 amide bonds. The van der Waals surface area contributed by atoms with Crippen LogP contribution in [0.15, 0.2) is 6.07 Å². The van der Waals surface area contributed by atoms with Crippen molar-refractivity contribution in [1.82, 2.24) is 0 Å². The van der Waals surface area contributed by atoms with E-state index in [1.165, 1.54) is 5.56 Å². The molecule has 1 aliphatic carbocycles. The topological polar surface area (TPSA) is 44.8 Å². The number of hydrogen-bond acceptors (Lipinski definition) is 4. The maximum absolute atomic E-state index is 11.0. The third kappa shape index (κ3) is 2.03. The van der Waals surface area contributed by atoms with Crippen molar-refractivity contribution in [2.24, 2.45) is 5.92 Å². The quantitative estimate of drug-likeness (QED) is 0.767. The number of benzene rings is 1. The van der Waals surface area contributed by atoms with Gasteiger partial charge in [0.15, 0.2) is 11.5 Å². The molecule has 0 bridgehead atoms. The second kappa shape index (κ2) is 5.29. The summed E-state index contributed by atoms with van der Waals surface area (Å²) in [6.45, 7) is 0. The van der Waals surface area contributed by atoms with Crippen molar-refractivity contribution < 1.29 is 19.0 Å². The summed E-state index contributed by atoms with van der Waals surface area (Å²) in [4.78, 5) is 11.0. The van der Waals surface area contributed by atoms with E-state index in [9.17, 15) is 4.79 Å². The van der Waals surface area contributed by atoms with Crippen LogP contribution in [0.25, 0.3) is 0 Å². The number of hydrogen-bond donors (Lipinski definition) is 0. The fraction of sp³-hybridized carbons (Fsp3) is 0.500. The summed E-state index contributed by atoms with van der Waals surface area (Å²) < 4.78 is 16.1. The predicted octanol–water partition coefficient (Wildman–Crippen LogP) is 2.02. The minimum atomic E-state index is 0.0736. The van der Waals surface area contributed by atoms with Gasteiger partial charge >= 0.3 is 0 Å². The zero-order valence-electron chi connectivity index (χ0n) is 11.0. The van der Waals surface area contributed by atoms with Crippen molar-refractivity contribution in [3.8, 4) is 17.2 Å². The van der Waals surface area contributed by atoms with Gasteiger partial charge in [0.2, 0.25) is 5.75 Å². The molecule has 18 heavy (non-hydrogen) atoms. The number of fused-ring (bicyclic) bond motifs is 1. The molecular weight excluding hydrogens is 232 g/mol. The summed E-state index contributed by atoms with van der Waals surface area (Å²) in [6.07, 6.45) is 3.49. The van der Waals surface area contributed by atoms with Crippen LogP contribution in [0.3, 0.4) is 0 Å². The second-order valence-corrected chi connectivity index (χ2v) is 4.42. The molecule has 0 aromatic heterocycles. The number of aryl methyl sites for hydroxylation is 1. The Labute approximate surface area is 107 Å². The minimum Gasteiger partial charge on any atom is -0.493 e. The van der Waals surface area contributed by atoms with Gasteiger partial charge in [-0.1, -0.05) is 0 Å². The molecule has 0 fully saturated rings. The molecule has 2 rings (SSSR count). The highest BCUT2D eigenvalue weighted by atomic mass is 16.5. The molecule has 0 radical (unpaired) electrons. The Hall–Kier alpha value is -1.71. The van der Waals surface area contributed by atoms with Crippen molar-refractivity contribution in [1.29, 1.82) is 0 Å². The van der Waals surface area contributed by atoms with Gasteiger partial charge in [0.1, 0.15) is 6.29 Å². The molecule has 0 spiro atoms. The van der Waals surface area contributed by atoms with Crippen LogP contribution in [0.1, 0.15) is 17.5 Å². The van der Waals surface area contributed by atoms with Crippen molar-refractivity contribution in [2.45, 2.75) is 19.3 Å². The first kappa shape index (κ1) is 12.7. The van der Waals surface area contributed by atoms with E-state index >= 15 is 0 Å². The first-order chi connectivity index (χ1) is 8.74. The first-order valence-corrected chi connectivity index (χ1v) is 6.01. The summed E-state index contributed by atoms with van der Waals surface area (Å²) in [6, 6.07) is 1.98. The molecule has 1 aliphatic rings. The summed E-state index contributed by atoms with van der Waals surface area (Å²) in [7, 11) is 4.82. The molecule has 1 aromatic carbocycles. The van der Waals surface area contributed by atoms with Gasteiger partial charge in [-0.3, -0.25) is 0 Å². The normalized spacial score (nSPS) is 17.8. The van der Waals surface area contributed by atoms with E-state index in [0.29, 0.717) is 23.7 Å². The molecule has 1 atom stereocenters. The van der Waals surface area contributed by atoms with Crippen LogP contribution in [-0.2, 0) is 17.6 Å². The monoisotopic (exact) mass is 250 g/mol. The van der Waals surface area contributed by atoms with Gasteiger partial charge in [-0.15, -0.1) is 0 Å². The van der Waals surface area contributed by atoms with Gasteiger partial charge in [-0.05, 0) is 30.9 Å². The summed E-state index contributed by atoms with van der Waals surface area (Å²) in [5.41, 5.74) is 2.25. The highest BCUT2D eigenvalue weighted by Crippen LogP contribution is 2.44. The number of aldehydes is 1. The van der Waals surface area contributed by atoms with Crippen molar-refractivity contribution >= 4 is 6.29 Å². The van der Waals surface area contributed by atoms with Gasteiger partial charge < -0.3 is 19.0 Å². The molecule has 0 saturated heterocycles. The fourth-order valence-electron chi connectivity index (χ4n) is 2.53. The van der Waals surface area contributed by atoms with Gasteiger partial charge in [0.05, 0.1) is 21.3 Å². The van der Waals surface area contributed by atoms with Crippen LogP contribution in [-0.4, -0.2) is 27.6 Å². The first-order valence-electron chi connectivity index (χ1n) is 6.01. The van der Waals surface area contributed by atoms with Crippen LogP contribution in [0.5, 0.6) is 17.2 Å². The SMILES string of the molecule is COc1cc2c(c(OC)c1OC)CC(C=O)CC2. The predicted molar refractivity (Wildman–Crippen MR) is 67.7 cm³/mol. The van der Waals surface area contributed by atoms with Gasteiger partial charge in [0, 0.05) is 11.5 Å². The standard InChI is InChI=1S/C14H18O4/c1-16-12-7-10-5-4-9(8-15)6-11(10)13(17-2)14(12)18-3/h7-9H,4-6H2,1-3H3. The lowest BCUT2D eigenvalue weighted by molar-refractivity contribution is -0.111. The van der Waals surface area contributed by atoms with E-state index in [1.54, 1.807) is 21.3 Å². The molecular formula is C14H18O4. The van der Waals surface area contributed by atoms with E-state index in [4.69, 9.17) is 14.2 Å². The molecule has 98 valence electrons. The second-order valence-electron chi connectivity index (χ2n) is 4.42. The van der Waals surface area contributed by atoms with Crippen LogP contribution >= 0.6 is 0 Å². The van der Waals surface area contributed by atoms with Crippen molar-refractivity contribution in [3.05, 3.63) is 17.2 Å². The number of carbonyl (C=O) groups is 1. The van der Waals surface area contributed by atoms with E-state index in [-0.39, 0.29) is 5.92 Å². The van der Waals surface area contributed by atoms with E-state index in [2.05, 4.69) is 0 Å². The third-order valence-corrected chi connectivity index (χ3v) is 3.47. The smallest absolute Gasteiger partial charge is 0.203 e. The average Bonchev–Trinajstić information content (AvgIpc) is 2.44. The third-order valence-electron chi connectivity index (χ3n) is 3.47. The van der Waals surface area contributed by atoms with Gasteiger partial charge in [-0.25, -0.2) is 0 Å². The molecule has 4 nitrogen and oxygen atoms in total. The Kier molecular flexibility index (Phi) is 3.75. The van der Waals surface area contributed by atoms with E-state index in [0.717, 1.165) is 24.7 Å². The molecule has 4 heteroatoms. The Morgan fingerprint density at radius 2 is 1.89 bits per heavy atom. The summed E-state index contributed by atoms with van der Waals surface area (Å²) in [5.74, 6) is 2.05. The molecule has 0 saturated carbocycles. The number of carbonyl (C=O) groups excluding carboxylic acids is 1. The average molecular weight is 250 g/mol. The van der Waals surface area contributed by atoms with Crippen LogP contribution in [0.2, 0.25) is 0 Å². The Morgan fingerprint density at radius 3 is 2.44 bits per heavy atom. The maximum Gasteiger partial charge on any atom is 0.203 e. The number of methoxy groups -OCH3 is 3. The molecule has 1 unspecified atom stereocenters. The molecule has 0 N–H and O–H groups in total. The van der Waals surface area contributed by atoms with Crippen molar-refractivity contribution in [2.75, 3.05) is 21.3 Å².